The van der Waals surface area contributed by atoms with E-state index in [4.69, 9.17) is 9.41 Å². The van der Waals surface area contributed by atoms with Gasteiger partial charge >= 0.3 is 0 Å². The van der Waals surface area contributed by atoms with Gasteiger partial charge in [0.25, 0.3) is 0 Å². The van der Waals surface area contributed by atoms with Crippen molar-refractivity contribution >= 4 is 21.9 Å². The Morgan fingerprint density at radius 1 is 1.15 bits per heavy atom. The van der Waals surface area contributed by atoms with E-state index in [2.05, 4.69) is 49.0 Å². The van der Waals surface area contributed by atoms with Gasteiger partial charge in [-0.05, 0) is 36.2 Å². The minimum absolute atomic E-state index is 0.618. The Labute approximate surface area is 167 Å². The van der Waals surface area contributed by atoms with Crippen LogP contribution in [0.3, 0.4) is 0 Å². The molecule has 0 bridgehead atoms. The minimum Gasteiger partial charge on any atom is -0.469 e. The molecular weight excluding hydrogens is 408 g/mol. The van der Waals surface area contributed by atoms with Crippen LogP contribution in [0.5, 0.6) is 0 Å². The van der Waals surface area contributed by atoms with Crippen LogP contribution in [0.25, 0.3) is 0 Å². The SMILES string of the molecule is Brc1ccc(CN=C(NCCCn2ccnn2)NCCc2ccco2)cc1. The van der Waals surface area contributed by atoms with Crippen LogP contribution in [0.1, 0.15) is 17.7 Å². The number of hydrogen-bond acceptors (Lipinski definition) is 4. The maximum atomic E-state index is 5.38. The molecule has 1 aromatic carbocycles. The number of rotatable bonds is 9. The fraction of sp³-hybridized carbons (Fsp3) is 0.316. The molecule has 0 aliphatic heterocycles. The highest BCUT2D eigenvalue weighted by atomic mass is 79.9. The second-order valence-corrected chi connectivity index (χ2v) is 6.91. The molecule has 0 amide bonds. The molecule has 8 heteroatoms. The predicted molar refractivity (Wildman–Crippen MR) is 108 cm³/mol. The van der Waals surface area contributed by atoms with E-state index in [9.17, 15) is 0 Å². The van der Waals surface area contributed by atoms with Crippen molar-refractivity contribution in [3.8, 4) is 0 Å². The van der Waals surface area contributed by atoms with Crippen LogP contribution in [0, 0.1) is 0 Å². The Morgan fingerprint density at radius 2 is 2.00 bits per heavy atom. The fourth-order valence-electron chi connectivity index (χ4n) is 2.49. The quantitative estimate of drug-likeness (QED) is 0.309. The zero-order valence-corrected chi connectivity index (χ0v) is 16.6. The van der Waals surface area contributed by atoms with Gasteiger partial charge in [-0.25, -0.2) is 4.99 Å². The lowest BCUT2D eigenvalue weighted by Gasteiger charge is -2.12. The Kier molecular flexibility index (Phi) is 7.46. The van der Waals surface area contributed by atoms with Crippen molar-refractivity contribution < 1.29 is 4.42 Å². The summed E-state index contributed by atoms with van der Waals surface area (Å²) in [7, 11) is 0. The standard InChI is InChI=1S/C19H23BrN6O/c20-17-6-4-16(5-7-17)15-23-19(22-10-8-18-3-1-14-27-18)21-9-2-12-26-13-11-24-25-26/h1,3-7,11,13-14H,2,8-10,12,15H2,(H2,21,22,23). The summed E-state index contributed by atoms with van der Waals surface area (Å²) in [5.41, 5.74) is 1.16. The average Bonchev–Trinajstić information content (AvgIpc) is 3.38. The van der Waals surface area contributed by atoms with Crippen molar-refractivity contribution in [2.24, 2.45) is 4.99 Å². The highest BCUT2D eigenvalue weighted by Gasteiger charge is 2.01. The Balaban J connectivity index is 1.49. The van der Waals surface area contributed by atoms with Crippen molar-refractivity contribution in [1.82, 2.24) is 25.6 Å². The molecule has 0 aliphatic rings. The van der Waals surface area contributed by atoms with Gasteiger partial charge in [0, 0.05) is 36.7 Å². The summed E-state index contributed by atoms with van der Waals surface area (Å²) >= 11 is 3.46. The number of hydrogen-bond donors (Lipinski definition) is 2. The molecule has 3 aromatic rings. The molecule has 142 valence electrons. The number of nitrogens with zero attached hydrogens (tertiary/aromatic N) is 4. The van der Waals surface area contributed by atoms with Gasteiger partial charge in [-0.2, -0.15) is 0 Å². The molecular formula is C19H23BrN6O. The van der Waals surface area contributed by atoms with E-state index in [0.29, 0.717) is 6.54 Å². The summed E-state index contributed by atoms with van der Waals surface area (Å²) in [6, 6.07) is 12.1. The van der Waals surface area contributed by atoms with Crippen LogP contribution in [0.2, 0.25) is 0 Å². The number of halogens is 1. The summed E-state index contributed by atoms with van der Waals surface area (Å²) < 4.78 is 8.27. The second kappa shape index (κ2) is 10.5. The van der Waals surface area contributed by atoms with Crippen molar-refractivity contribution in [3.63, 3.8) is 0 Å². The fourth-order valence-corrected chi connectivity index (χ4v) is 2.76. The van der Waals surface area contributed by atoms with E-state index >= 15 is 0 Å². The third kappa shape index (κ3) is 6.90. The van der Waals surface area contributed by atoms with E-state index in [1.807, 2.05) is 35.1 Å². The lowest BCUT2D eigenvalue weighted by molar-refractivity contribution is 0.506. The maximum absolute atomic E-state index is 5.38. The largest absolute Gasteiger partial charge is 0.469 e. The summed E-state index contributed by atoms with van der Waals surface area (Å²) in [4.78, 5) is 4.69. The molecule has 0 fully saturated rings. The molecule has 0 spiro atoms. The van der Waals surface area contributed by atoms with Gasteiger partial charge in [-0.15, -0.1) is 5.10 Å². The van der Waals surface area contributed by atoms with E-state index in [1.165, 1.54) is 0 Å². The number of nitrogens with one attached hydrogen (secondary N) is 2. The number of furan rings is 1. The first-order chi connectivity index (χ1) is 13.3. The highest BCUT2D eigenvalue weighted by molar-refractivity contribution is 9.10. The molecule has 0 unspecified atom stereocenters. The second-order valence-electron chi connectivity index (χ2n) is 5.99. The summed E-state index contributed by atoms with van der Waals surface area (Å²) in [6.07, 6.45) is 6.99. The van der Waals surface area contributed by atoms with Crippen molar-refractivity contribution in [3.05, 3.63) is 70.9 Å². The molecule has 0 atom stereocenters. The third-order valence-electron chi connectivity index (χ3n) is 3.91. The molecule has 0 radical (unpaired) electrons. The molecule has 0 saturated carbocycles. The van der Waals surface area contributed by atoms with Crippen molar-refractivity contribution in [2.45, 2.75) is 25.9 Å². The summed E-state index contributed by atoms with van der Waals surface area (Å²) in [6.45, 7) is 2.99. The maximum Gasteiger partial charge on any atom is 0.191 e. The van der Waals surface area contributed by atoms with Crippen molar-refractivity contribution in [2.75, 3.05) is 13.1 Å². The zero-order valence-electron chi connectivity index (χ0n) is 15.0. The molecule has 7 nitrogen and oxygen atoms in total. The zero-order chi connectivity index (χ0) is 18.7. The van der Waals surface area contributed by atoms with Gasteiger partial charge in [0.1, 0.15) is 5.76 Å². The first kappa shape index (κ1) is 19.2. The van der Waals surface area contributed by atoms with Gasteiger partial charge in [-0.3, -0.25) is 4.68 Å². The lowest BCUT2D eigenvalue weighted by Crippen LogP contribution is -2.39. The molecule has 2 heterocycles. The molecule has 0 saturated heterocycles. The molecule has 2 aromatic heterocycles. The molecule has 2 N–H and O–H groups in total. The van der Waals surface area contributed by atoms with E-state index < -0.39 is 0 Å². The van der Waals surface area contributed by atoms with Crippen LogP contribution in [0.4, 0.5) is 0 Å². The Hall–Kier alpha value is -2.61. The topological polar surface area (TPSA) is 80.3 Å². The van der Waals surface area contributed by atoms with Crippen molar-refractivity contribution in [1.29, 1.82) is 0 Å². The van der Waals surface area contributed by atoms with Crippen LogP contribution < -0.4 is 10.6 Å². The Bertz CT molecular complexity index is 799. The monoisotopic (exact) mass is 430 g/mol. The van der Waals surface area contributed by atoms with E-state index in [1.54, 1.807) is 12.5 Å². The highest BCUT2D eigenvalue weighted by Crippen LogP contribution is 2.11. The van der Waals surface area contributed by atoms with E-state index in [0.717, 1.165) is 54.2 Å². The van der Waals surface area contributed by atoms with Gasteiger partial charge in [0.05, 0.1) is 19.0 Å². The molecule has 0 aliphatic carbocycles. The lowest BCUT2D eigenvalue weighted by atomic mass is 10.2. The smallest absolute Gasteiger partial charge is 0.191 e. The summed E-state index contributed by atoms with van der Waals surface area (Å²) in [5.74, 6) is 1.75. The van der Waals surface area contributed by atoms with Crippen LogP contribution >= 0.6 is 15.9 Å². The van der Waals surface area contributed by atoms with Crippen LogP contribution in [-0.2, 0) is 19.5 Å². The summed E-state index contributed by atoms with van der Waals surface area (Å²) in [5, 5.41) is 14.5. The van der Waals surface area contributed by atoms with Crippen LogP contribution in [0.15, 0.2) is 68.9 Å². The van der Waals surface area contributed by atoms with Gasteiger partial charge in [0.2, 0.25) is 0 Å². The van der Waals surface area contributed by atoms with Crippen LogP contribution in [-0.4, -0.2) is 34.0 Å². The van der Waals surface area contributed by atoms with Gasteiger partial charge in [0.15, 0.2) is 5.96 Å². The minimum atomic E-state index is 0.618. The normalized spacial score (nSPS) is 11.5. The number of aliphatic imine (C=N–C) groups is 1. The number of aryl methyl sites for hydroxylation is 1. The average molecular weight is 431 g/mol. The molecule has 3 rings (SSSR count). The predicted octanol–water partition coefficient (Wildman–Crippen LogP) is 3.00. The van der Waals surface area contributed by atoms with Gasteiger partial charge in [-0.1, -0.05) is 33.3 Å². The van der Waals surface area contributed by atoms with Gasteiger partial charge < -0.3 is 15.1 Å². The first-order valence-corrected chi connectivity index (χ1v) is 9.72. The molecule has 27 heavy (non-hydrogen) atoms. The number of benzene rings is 1. The first-order valence-electron chi connectivity index (χ1n) is 8.93. The number of aromatic nitrogens is 3. The third-order valence-corrected chi connectivity index (χ3v) is 4.43. The van der Waals surface area contributed by atoms with E-state index in [-0.39, 0.29) is 0 Å². The Morgan fingerprint density at radius 3 is 2.74 bits per heavy atom. The number of guanidine groups is 1.